The maximum absolute atomic E-state index is 12.3. The molecule has 0 spiro atoms. The lowest BCUT2D eigenvalue weighted by Gasteiger charge is -2.11. The summed E-state index contributed by atoms with van der Waals surface area (Å²) in [5.41, 5.74) is -3.93. The van der Waals surface area contributed by atoms with Gasteiger partial charge in [-0.3, -0.25) is 4.79 Å². The van der Waals surface area contributed by atoms with Crippen LogP contribution in [-0.2, 0) is 11.2 Å². The van der Waals surface area contributed by atoms with Gasteiger partial charge in [0, 0.05) is 4.90 Å². The van der Waals surface area contributed by atoms with Crippen molar-refractivity contribution in [2.45, 2.75) is 23.7 Å². The zero-order chi connectivity index (χ0) is 13.9. The van der Waals surface area contributed by atoms with Gasteiger partial charge in [-0.05, 0) is 41.9 Å². The number of hydrogen-bond acceptors (Lipinski definition) is 3. The van der Waals surface area contributed by atoms with E-state index in [-0.39, 0.29) is 27.8 Å². The average molecular weight is 275 g/mol. The van der Waals surface area contributed by atoms with E-state index < -0.39 is 17.9 Å². The van der Waals surface area contributed by atoms with Gasteiger partial charge in [-0.1, -0.05) is 0 Å². The lowest BCUT2D eigenvalue weighted by Crippen LogP contribution is -2.06. The molecule has 0 amide bonds. The Morgan fingerprint density at radius 1 is 1.50 bits per heavy atom. The monoisotopic (exact) mass is 275 g/mol. The van der Waals surface area contributed by atoms with Crippen molar-refractivity contribution in [1.29, 1.82) is 5.26 Å². The fourth-order valence-electron chi connectivity index (χ4n) is 1.37. The SMILES string of the molecule is Cc1cc(SC(F)(F)F)c(CC(=O)O)cc1C#N. The summed E-state index contributed by atoms with van der Waals surface area (Å²) in [6.45, 7) is 1.50. The van der Waals surface area contributed by atoms with Crippen molar-refractivity contribution >= 4 is 17.7 Å². The normalized spacial score (nSPS) is 11.1. The van der Waals surface area contributed by atoms with Crippen molar-refractivity contribution in [3.63, 3.8) is 0 Å². The Labute approximate surface area is 105 Å². The number of carbonyl (C=O) groups is 1. The van der Waals surface area contributed by atoms with E-state index in [1.807, 2.05) is 6.07 Å². The summed E-state index contributed by atoms with van der Waals surface area (Å²) in [5, 5.41) is 17.4. The van der Waals surface area contributed by atoms with Gasteiger partial charge < -0.3 is 5.11 Å². The first kappa shape index (κ1) is 14.4. The number of hydrogen-bond donors (Lipinski definition) is 1. The van der Waals surface area contributed by atoms with Crippen molar-refractivity contribution < 1.29 is 23.1 Å². The zero-order valence-corrected chi connectivity index (χ0v) is 10.0. The molecule has 0 saturated carbocycles. The highest BCUT2D eigenvalue weighted by molar-refractivity contribution is 8.00. The Hall–Kier alpha value is -1.68. The summed E-state index contributed by atoms with van der Waals surface area (Å²) in [6, 6.07) is 4.20. The molecular formula is C11H8F3NO2S. The molecule has 1 aromatic rings. The first-order valence-electron chi connectivity index (χ1n) is 4.74. The van der Waals surface area contributed by atoms with Gasteiger partial charge in [0.25, 0.3) is 0 Å². The molecule has 1 N–H and O–H groups in total. The van der Waals surface area contributed by atoms with E-state index in [1.54, 1.807) is 0 Å². The lowest BCUT2D eigenvalue weighted by molar-refractivity contribution is -0.136. The minimum absolute atomic E-state index is 0.00743. The standard InChI is InChI=1S/C11H8F3NO2S/c1-6-2-9(18-11(12,13)14)7(4-10(16)17)3-8(6)5-15/h2-3H,4H2,1H3,(H,16,17). The number of carboxylic acid groups (broad SMARTS) is 1. The number of rotatable bonds is 3. The maximum atomic E-state index is 12.3. The van der Waals surface area contributed by atoms with Crippen molar-refractivity contribution in [2.24, 2.45) is 0 Å². The fourth-order valence-corrected chi connectivity index (χ4v) is 2.11. The molecule has 7 heteroatoms. The van der Waals surface area contributed by atoms with Crippen LogP contribution in [0.3, 0.4) is 0 Å². The number of benzene rings is 1. The molecule has 3 nitrogen and oxygen atoms in total. The minimum Gasteiger partial charge on any atom is -0.481 e. The molecule has 0 bridgehead atoms. The fraction of sp³-hybridized carbons (Fsp3) is 0.273. The Balaban J connectivity index is 3.26. The van der Waals surface area contributed by atoms with Gasteiger partial charge in [0.2, 0.25) is 0 Å². The van der Waals surface area contributed by atoms with E-state index in [1.165, 1.54) is 19.1 Å². The smallest absolute Gasteiger partial charge is 0.446 e. The van der Waals surface area contributed by atoms with Gasteiger partial charge >= 0.3 is 11.5 Å². The molecule has 0 aliphatic heterocycles. The predicted molar refractivity (Wildman–Crippen MR) is 59.1 cm³/mol. The highest BCUT2D eigenvalue weighted by atomic mass is 32.2. The van der Waals surface area contributed by atoms with Crippen molar-refractivity contribution in [2.75, 3.05) is 0 Å². The van der Waals surface area contributed by atoms with Crippen LogP contribution in [0, 0.1) is 18.3 Å². The van der Waals surface area contributed by atoms with Crippen molar-refractivity contribution in [3.05, 3.63) is 28.8 Å². The number of carboxylic acids is 1. The summed E-state index contributed by atoms with van der Waals surface area (Å²) in [7, 11) is 0. The number of halogens is 3. The Bertz CT molecular complexity index is 520. The summed E-state index contributed by atoms with van der Waals surface area (Å²) in [5.74, 6) is -1.24. The quantitative estimate of drug-likeness (QED) is 0.861. The second-order valence-electron chi connectivity index (χ2n) is 3.50. The summed E-state index contributed by atoms with van der Waals surface area (Å²) in [6.07, 6.45) is -0.548. The van der Waals surface area contributed by atoms with Crippen LogP contribution in [0.25, 0.3) is 0 Å². The van der Waals surface area contributed by atoms with Gasteiger partial charge in [0.15, 0.2) is 0 Å². The topological polar surface area (TPSA) is 61.1 Å². The van der Waals surface area contributed by atoms with Crippen LogP contribution in [0.2, 0.25) is 0 Å². The zero-order valence-electron chi connectivity index (χ0n) is 9.21. The summed E-state index contributed by atoms with van der Waals surface area (Å²) in [4.78, 5) is 10.4. The van der Waals surface area contributed by atoms with Crippen LogP contribution in [0.5, 0.6) is 0 Å². The van der Waals surface area contributed by atoms with Crippen LogP contribution in [0.4, 0.5) is 13.2 Å². The van der Waals surface area contributed by atoms with E-state index in [0.717, 1.165) is 0 Å². The third-order valence-corrected chi connectivity index (χ3v) is 2.93. The Morgan fingerprint density at radius 2 is 2.11 bits per heavy atom. The Morgan fingerprint density at radius 3 is 2.56 bits per heavy atom. The summed E-state index contributed by atoms with van der Waals surface area (Å²) >= 11 is -0.370. The van der Waals surface area contributed by atoms with Gasteiger partial charge in [-0.25, -0.2) is 0 Å². The van der Waals surface area contributed by atoms with Gasteiger partial charge in [0.1, 0.15) is 0 Å². The van der Waals surface area contributed by atoms with Crippen LogP contribution >= 0.6 is 11.8 Å². The minimum atomic E-state index is -4.49. The van der Waals surface area contributed by atoms with Crippen LogP contribution in [0.1, 0.15) is 16.7 Å². The molecular weight excluding hydrogens is 267 g/mol. The molecule has 0 aromatic heterocycles. The van der Waals surface area contributed by atoms with E-state index in [0.29, 0.717) is 5.56 Å². The molecule has 18 heavy (non-hydrogen) atoms. The predicted octanol–water partition coefficient (Wildman–Crippen LogP) is 3.11. The third kappa shape index (κ3) is 3.96. The molecule has 0 radical (unpaired) electrons. The van der Waals surface area contributed by atoms with E-state index in [4.69, 9.17) is 10.4 Å². The van der Waals surface area contributed by atoms with Gasteiger partial charge in [-0.15, -0.1) is 0 Å². The first-order chi connectivity index (χ1) is 8.23. The second-order valence-corrected chi connectivity index (χ2v) is 4.61. The first-order valence-corrected chi connectivity index (χ1v) is 5.55. The Kier molecular flexibility index (Phi) is 4.24. The number of nitrogens with zero attached hydrogens (tertiary/aromatic N) is 1. The van der Waals surface area contributed by atoms with Gasteiger partial charge in [-0.2, -0.15) is 18.4 Å². The molecule has 0 aliphatic carbocycles. The number of nitriles is 1. The highest BCUT2D eigenvalue weighted by Gasteiger charge is 2.31. The molecule has 0 atom stereocenters. The molecule has 0 unspecified atom stereocenters. The van der Waals surface area contributed by atoms with E-state index in [9.17, 15) is 18.0 Å². The number of aliphatic carboxylic acids is 1. The number of aryl methyl sites for hydroxylation is 1. The number of thioether (sulfide) groups is 1. The molecule has 0 aliphatic rings. The number of alkyl halides is 3. The average Bonchev–Trinajstić information content (AvgIpc) is 2.19. The molecule has 1 rings (SSSR count). The third-order valence-electron chi connectivity index (χ3n) is 2.10. The summed E-state index contributed by atoms with van der Waals surface area (Å²) < 4.78 is 37.0. The molecule has 0 saturated heterocycles. The van der Waals surface area contributed by atoms with Gasteiger partial charge in [0.05, 0.1) is 18.1 Å². The van der Waals surface area contributed by atoms with E-state index >= 15 is 0 Å². The molecule has 96 valence electrons. The lowest BCUT2D eigenvalue weighted by atomic mass is 10.0. The van der Waals surface area contributed by atoms with Crippen LogP contribution in [0.15, 0.2) is 17.0 Å². The van der Waals surface area contributed by atoms with E-state index in [2.05, 4.69) is 0 Å². The van der Waals surface area contributed by atoms with Crippen molar-refractivity contribution in [1.82, 2.24) is 0 Å². The van der Waals surface area contributed by atoms with Crippen LogP contribution < -0.4 is 0 Å². The highest BCUT2D eigenvalue weighted by Crippen LogP contribution is 2.39. The second kappa shape index (κ2) is 5.31. The molecule has 1 aromatic carbocycles. The largest absolute Gasteiger partial charge is 0.481 e. The van der Waals surface area contributed by atoms with Crippen molar-refractivity contribution in [3.8, 4) is 6.07 Å². The molecule has 0 heterocycles. The molecule has 0 fully saturated rings. The van der Waals surface area contributed by atoms with Crippen LogP contribution in [-0.4, -0.2) is 16.6 Å². The maximum Gasteiger partial charge on any atom is 0.446 e.